The van der Waals surface area contributed by atoms with Gasteiger partial charge in [-0.05, 0) is 42.0 Å². The standard InChI is InChI=1S/C55H31N5O3/c1-4-14-32(15-5-1)47-51-48(57-52(56-47)33-16-6-2-7-17-33)42-29-26-35(30-46(42)62-51)37-21-12-22-40-41-23-13-24-43(50(41)63-49(37)40)55-59-53(34-18-8-3-9-19-34)58-54(60-55)36-27-28-39-38-20-10-11-25-44(38)61-45(39)31-36/h1-31H. The van der Waals surface area contributed by atoms with Gasteiger partial charge in [-0.2, -0.15) is 0 Å². The Hall–Kier alpha value is -8.75. The first-order valence-corrected chi connectivity index (χ1v) is 20.7. The molecule has 0 aliphatic rings. The summed E-state index contributed by atoms with van der Waals surface area (Å²) in [5.74, 6) is 2.24. The largest absolute Gasteiger partial charge is 0.456 e. The van der Waals surface area contributed by atoms with Crippen molar-refractivity contribution in [2.24, 2.45) is 0 Å². The zero-order valence-corrected chi connectivity index (χ0v) is 33.4. The van der Waals surface area contributed by atoms with Gasteiger partial charge < -0.3 is 13.3 Å². The Labute approximate surface area is 358 Å². The second-order valence-electron chi connectivity index (χ2n) is 15.6. The summed E-state index contributed by atoms with van der Waals surface area (Å²) in [6.45, 7) is 0. The topological polar surface area (TPSA) is 104 Å². The van der Waals surface area contributed by atoms with E-state index in [1.165, 1.54) is 0 Å². The number of para-hydroxylation sites is 3. The van der Waals surface area contributed by atoms with Crippen LogP contribution in [0.15, 0.2) is 201 Å². The summed E-state index contributed by atoms with van der Waals surface area (Å²) in [6, 6.07) is 63.0. The van der Waals surface area contributed by atoms with Crippen molar-refractivity contribution in [2.75, 3.05) is 0 Å². The molecule has 5 aromatic heterocycles. The number of nitrogens with zero attached hydrogens (tertiary/aromatic N) is 5. The molecule has 294 valence electrons. The maximum atomic E-state index is 6.95. The fourth-order valence-corrected chi connectivity index (χ4v) is 8.75. The fourth-order valence-electron chi connectivity index (χ4n) is 8.75. The summed E-state index contributed by atoms with van der Waals surface area (Å²) in [5.41, 5.74) is 12.1. The minimum absolute atomic E-state index is 0.503. The lowest BCUT2D eigenvalue weighted by atomic mass is 10.0. The van der Waals surface area contributed by atoms with Gasteiger partial charge in [0, 0.05) is 54.7 Å². The monoisotopic (exact) mass is 809 g/mol. The Morgan fingerprint density at radius 1 is 0.270 bits per heavy atom. The van der Waals surface area contributed by atoms with E-state index in [9.17, 15) is 0 Å². The van der Waals surface area contributed by atoms with Crippen LogP contribution >= 0.6 is 0 Å². The van der Waals surface area contributed by atoms with E-state index in [0.29, 0.717) is 40.0 Å². The number of aromatic nitrogens is 5. The Bertz CT molecular complexity index is 3910. The van der Waals surface area contributed by atoms with E-state index >= 15 is 0 Å². The molecular formula is C55H31N5O3. The number of hydrogen-bond acceptors (Lipinski definition) is 8. The zero-order chi connectivity index (χ0) is 41.4. The van der Waals surface area contributed by atoms with Crippen LogP contribution in [0.4, 0.5) is 0 Å². The molecule has 0 aliphatic carbocycles. The second kappa shape index (κ2) is 13.9. The molecule has 8 heteroatoms. The molecule has 0 atom stereocenters. The van der Waals surface area contributed by atoms with E-state index in [1.54, 1.807) is 0 Å². The quantitative estimate of drug-likeness (QED) is 0.164. The first kappa shape index (κ1) is 35.0. The Kier molecular flexibility index (Phi) is 7.74. The van der Waals surface area contributed by atoms with Gasteiger partial charge in [-0.3, -0.25) is 0 Å². The van der Waals surface area contributed by atoms with Gasteiger partial charge in [0.15, 0.2) is 28.9 Å². The lowest BCUT2D eigenvalue weighted by Gasteiger charge is -2.09. The molecule has 0 aliphatic heterocycles. The highest BCUT2D eigenvalue weighted by Crippen LogP contribution is 2.42. The third kappa shape index (κ3) is 5.73. The van der Waals surface area contributed by atoms with Gasteiger partial charge in [0.25, 0.3) is 0 Å². The molecule has 8 aromatic carbocycles. The molecule has 0 saturated carbocycles. The molecule has 0 radical (unpaired) electrons. The molecule has 0 unspecified atom stereocenters. The second-order valence-corrected chi connectivity index (χ2v) is 15.6. The molecule has 0 fully saturated rings. The van der Waals surface area contributed by atoms with Gasteiger partial charge in [0.05, 0.1) is 5.56 Å². The molecular weight excluding hydrogens is 779 g/mol. The van der Waals surface area contributed by atoms with E-state index in [-0.39, 0.29) is 0 Å². The smallest absolute Gasteiger partial charge is 0.180 e. The highest BCUT2D eigenvalue weighted by Gasteiger charge is 2.22. The third-order valence-electron chi connectivity index (χ3n) is 11.8. The Morgan fingerprint density at radius 3 is 1.54 bits per heavy atom. The Morgan fingerprint density at radius 2 is 0.794 bits per heavy atom. The molecule has 13 rings (SSSR count). The predicted molar refractivity (Wildman–Crippen MR) is 250 cm³/mol. The number of furan rings is 3. The van der Waals surface area contributed by atoms with Gasteiger partial charge in [0.2, 0.25) is 0 Å². The molecule has 0 amide bonds. The highest BCUT2D eigenvalue weighted by atomic mass is 16.3. The molecule has 8 nitrogen and oxygen atoms in total. The van der Waals surface area contributed by atoms with Gasteiger partial charge in [-0.25, -0.2) is 24.9 Å². The Balaban J connectivity index is 0.965. The molecule has 0 bridgehead atoms. The van der Waals surface area contributed by atoms with Crippen LogP contribution < -0.4 is 0 Å². The van der Waals surface area contributed by atoms with Crippen LogP contribution in [0, 0.1) is 0 Å². The molecule has 0 saturated heterocycles. The van der Waals surface area contributed by atoms with Gasteiger partial charge in [-0.1, -0.05) is 152 Å². The van der Waals surface area contributed by atoms with Crippen LogP contribution in [-0.2, 0) is 0 Å². The van der Waals surface area contributed by atoms with Crippen molar-refractivity contribution in [1.82, 2.24) is 24.9 Å². The van der Waals surface area contributed by atoms with E-state index in [2.05, 4.69) is 54.6 Å². The number of benzene rings is 8. The zero-order valence-electron chi connectivity index (χ0n) is 33.4. The summed E-state index contributed by atoms with van der Waals surface area (Å²) in [5, 5.41) is 4.95. The molecule has 63 heavy (non-hydrogen) atoms. The van der Waals surface area contributed by atoms with E-state index in [4.69, 9.17) is 38.2 Å². The van der Waals surface area contributed by atoms with Crippen molar-refractivity contribution < 1.29 is 13.3 Å². The summed E-state index contributed by atoms with van der Waals surface area (Å²) >= 11 is 0. The molecule has 5 heterocycles. The van der Waals surface area contributed by atoms with Crippen LogP contribution in [0.5, 0.6) is 0 Å². The first-order chi connectivity index (χ1) is 31.2. The minimum atomic E-state index is 0.503. The summed E-state index contributed by atoms with van der Waals surface area (Å²) in [4.78, 5) is 25.3. The lowest BCUT2D eigenvalue weighted by molar-refractivity contribution is 0.667. The van der Waals surface area contributed by atoms with E-state index in [1.807, 2.05) is 133 Å². The number of rotatable bonds is 6. The number of fused-ring (bicyclic) bond motifs is 9. The fraction of sp³-hybridized carbons (Fsp3) is 0. The minimum Gasteiger partial charge on any atom is -0.456 e. The van der Waals surface area contributed by atoms with Gasteiger partial charge in [0.1, 0.15) is 39.1 Å². The van der Waals surface area contributed by atoms with Crippen molar-refractivity contribution >= 4 is 65.9 Å². The maximum Gasteiger partial charge on any atom is 0.180 e. The molecule has 13 aromatic rings. The predicted octanol–water partition coefficient (Wildman–Crippen LogP) is 14.4. The van der Waals surface area contributed by atoms with Crippen molar-refractivity contribution in [2.45, 2.75) is 0 Å². The summed E-state index contributed by atoms with van der Waals surface area (Å²) in [6.07, 6.45) is 0. The average molecular weight is 810 g/mol. The van der Waals surface area contributed by atoms with E-state index in [0.717, 1.165) is 93.8 Å². The van der Waals surface area contributed by atoms with Crippen molar-refractivity contribution in [3.63, 3.8) is 0 Å². The summed E-state index contributed by atoms with van der Waals surface area (Å²) in [7, 11) is 0. The number of hydrogen-bond donors (Lipinski definition) is 0. The molecule has 0 spiro atoms. The average Bonchev–Trinajstić information content (AvgIpc) is 4.05. The van der Waals surface area contributed by atoms with Crippen molar-refractivity contribution in [3.05, 3.63) is 188 Å². The summed E-state index contributed by atoms with van der Waals surface area (Å²) < 4.78 is 19.9. The normalized spacial score (nSPS) is 11.8. The van der Waals surface area contributed by atoms with E-state index < -0.39 is 0 Å². The highest BCUT2D eigenvalue weighted by molar-refractivity contribution is 6.14. The van der Waals surface area contributed by atoms with Crippen molar-refractivity contribution in [3.8, 4) is 67.9 Å². The van der Waals surface area contributed by atoms with Crippen LogP contribution in [0.1, 0.15) is 0 Å². The SMILES string of the molecule is c1ccc(-c2nc(-c3ccc4c(c3)oc3ccccc34)nc(-c3cccc4c3oc3c(-c5ccc6c(c5)oc5c(-c7ccccc7)nc(-c7ccccc7)nc56)cccc34)n2)cc1. The lowest BCUT2D eigenvalue weighted by Crippen LogP contribution is -2.00. The van der Waals surface area contributed by atoms with Gasteiger partial charge in [-0.15, -0.1) is 0 Å². The third-order valence-corrected chi connectivity index (χ3v) is 11.8. The molecule has 0 N–H and O–H groups in total. The van der Waals surface area contributed by atoms with Crippen LogP contribution in [0.2, 0.25) is 0 Å². The van der Waals surface area contributed by atoms with Crippen molar-refractivity contribution in [1.29, 1.82) is 0 Å². The van der Waals surface area contributed by atoms with Crippen LogP contribution in [-0.4, -0.2) is 24.9 Å². The maximum absolute atomic E-state index is 6.95. The van der Waals surface area contributed by atoms with Gasteiger partial charge >= 0.3 is 0 Å². The first-order valence-electron chi connectivity index (χ1n) is 20.7. The van der Waals surface area contributed by atoms with Crippen LogP contribution in [0.3, 0.4) is 0 Å². The van der Waals surface area contributed by atoms with Crippen LogP contribution in [0.25, 0.3) is 134 Å².